The molecule has 14 nitrogen and oxygen atoms in total. The smallest absolute Gasteiger partial charge is 0.338 e. The van der Waals surface area contributed by atoms with Crippen LogP contribution >= 0.6 is 0 Å². The Labute approximate surface area is 379 Å². The van der Waals surface area contributed by atoms with E-state index in [0.29, 0.717) is 65.3 Å². The molecule has 2 N–H and O–H groups in total. The van der Waals surface area contributed by atoms with Gasteiger partial charge in [0.25, 0.3) is 5.91 Å². The molecule has 7 aromatic rings. The topological polar surface area (TPSA) is 146 Å². The van der Waals surface area contributed by atoms with E-state index >= 15 is 13.6 Å². The van der Waals surface area contributed by atoms with Gasteiger partial charge in [0.15, 0.2) is 5.82 Å². The van der Waals surface area contributed by atoms with Crippen LogP contribution in [-0.2, 0) is 28.5 Å². The van der Waals surface area contributed by atoms with Crippen molar-refractivity contribution in [2.24, 2.45) is 13.0 Å². The molecule has 2 bridgehead atoms. The van der Waals surface area contributed by atoms with Crippen molar-refractivity contribution < 1.29 is 28.2 Å². The zero-order chi connectivity index (χ0) is 46.1. The minimum atomic E-state index is -0.638. The summed E-state index contributed by atoms with van der Waals surface area (Å²) < 4.78 is 45.5. The van der Waals surface area contributed by atoms with Crippen molar-refractivity contribution in [3.63, 3.8) is 0 Å². The number of nitrogens with one attached hydrogen (secondary N) is 1. The zero-order valence-electron chi connectivity index (χ0n) is 37.9. The van der Waals surface area contributed by atoms with Gasteiger partial charge in [-0.15, -0.1) is 0 Å². The molecule has 7 heterocycles. The summed E-state index contributed by atoms with van der Waals surface area (Å²) in [4.78, 5) is 45.0. The maximum atomic E-state index is 16.2. The largest absolute Gasteiger partial charge is 0.387 e. The molecule has 4 aliphatic rings. The summed E-state index contributed by atoms with van der Waals surface area (Å²) in [6.45, 7) is 10.00. The third kappa shape index (κ3) is 6.42. The third-order valence-corrected chi connectivity index (χ3v) is 15.1. The van der Waals surface area contributed by atoms with E-state index in [1.165, 1.54) is 27.1 Å². The van der Waals surface area contributed by atoms with Crippen LogP contribution in [0.5, 0.6) is 0 Å². The van der Waals surface area contributed by atoms with Gasteiger partial charge in [-0.1, -0.05) is 13.0 Å². The van der Waals surface area contributed by atoms with Gasteiger partial charge in [-0.05, 0) is 131 Å². The van der Waals surface area contributed by atoms with Crippen LogP contribution in [0, 0.1) is 31.4 Å². The molecular formula is C50H53F2N9O5. The maximum Gasteiger partial charge on any atom is 0.338 e. The van der Waals surface area contributed by atoms with Gasteiger partial charge in [-0.2, -0.15) is 10.2 Å². The Morgan fingerprint density at radius 2 is 1.70 bits per heavy atom. The summed E-state index contributed by atoms with van der Waals surface area (Å²) in [5.41, 5.74) is 4.60. The number of carbonyl (C=O) groups is 2. The first-order valence-corrected chi connectivity index (χ1v) is 22.9. The van der Waals surface area contributed by atoms with Crippen LogP contribution in [0.1, 0.15) is 103 Å². The standard InChI is InChI=1S/C50H53F2N9O5/c1-27-17-34(18-28(2)44(27)51)61-46(58-15-14-57(48(58)65)40-12-11-38-35(45(40)52)24-54-56(38)6)43-36(55-61)21-33-8-10-39(43)59(33)47(64)41-20-32-19-30(31-13-16-66-49(4,5)23-31)7-9-37(32)60(41)50(22-29(50)3)26-53-42(63)25-62/h7,9,11-12,14-15,17-20,24,29,31,33,39,62H,8,10,13,16,21-23,25-26H2,1-6H3,(H,53,63)/t29-,31-,33+,39-,50+/m0/s1. The molecule has 3 aliphatic heterocycles. The van der Waals surface area contributed by atoms with Crippen molar-refractivity contribution in [2.45, 2.75) is 102 Å². The highest BCUT2D eigenvalue weighted by Crippen LogP contribution is 2.54. The lowest BCUT2D eigenvalue weighted by molar-refractivity contribution is -0.124. The van der Waals surface area contributed by atoms with Gasteiger partial charge in [0.1, 0.15) is 23.9 Å². The van der Waals surface area contributed by atoms with E-state index in [-0.39, 0.29) is 52.8 Å². The van der Waals surface area contributed by atoms with E-state index < -0.39 is 35.6 Å². The molecule has 342 valence electrons. The van der Waals surface area contributed by atoms with E-state index in [4.69, 9.17) is 9.84 Å². The second kappa shape index (κ2) is 15.1. The molecule has 2 amide bonds. The number of aliphatic hydroxyl groups excluding tert-OH is 1. The van der Waals surface area contributed by atoms with Crippen molar-refractivity contribution in [2.75, 3.05) is 19.8 Å². The fraction of sp³-hybridized carbons (Fsp3) is 0.420. The Kier molecular flexibility index (Phi) is 9.65. The lowest BCUT2D eigenvalue weighted by atomic mass is 9.83. The van der Waals surface area contributed by atoms with Gasteiger partial charge in [-0.25, -0.2) is 18.3 Å². The van der Waals surface area contributed by atoms with E-state index in [1.54, 1.807) is 60.7 Å². The third-order valence-electron chi connectivity index (χ3n) is 15.1. The van der Waals surface area contributed by atoms with Gasteiger partial charge < -0.3 is 24.6 Å². The number of rotatable bonds is 9. The van der Waals surface area contributed by atoms with Crippen molar-refractivity contribution in [3.05, 3.63) is 123 Å². The van der Waals surface area contributed by atoms with Crippen LogP contribution in [0.2, 0.25) is 0 Å². The van der Waals surface area contributed by atoms with E-state index in [1.807, 2.05) is 11.0 Å². The van der Waals surface area contributed by atoms with Gasteiger partial charge >= 0.3 is 5.69 Å². The van der Waals surface area contributed by atoms with Crippen molar-refractivity contribution in [1.29, 1.82) is 0 Å². The van der Waals surface area contributed by atoms with E-state index in [0.717, 1.165) is 35.9 Å². The summed E-state index contributed by atoms with van der Waals surface area (Å²) in [5.74, 6) is -0.783. The lowest BCUT2D eigenvalue weighted by Gasteiger charge is -2.36. The van der Waals surface area contributed by atoms with Crippen LogP contribution in [0.25, 0.3) is 39.0 Å². The molecule has 66 heavy (non-hydrogen) atoms. The van der Waals surface area contributed by atoms with Crippen LogP contribution in [0.4, 0.5) is 8.78 Å². The van der Waals surface area contributed by atoms with Crippen LogP contribution < -0.4 is 11.0 Å². The first-order chi connectivity index (χ1) is 31.6. The molecule has 1 aliphatic carbocycles. The van der Waals surface area contributed by atoms with Crippen LogP contribution in [0.15, 0.2) is 71.9 Å². The van der Waals surface area contributed by atoms with E-state index in [2.05, 4.69) is 54.0 Å². The average molecular weight is 898 g/mol. The number of hydrogen-bond donors (Lipinski definition) is 2. The normalized spacial score (nSPS) is 23.2. The summed E-state index contributed by atoms with van der Waals surface area (Å²) in [6.07, 6.45) is 8.74. The molecule has 2 saturated heterocycles. The van der Waals surface area contributed by atoms with Crippen molar-refractivity contribution in [1.82, 2.24) is 43.5 Å². The Bertz CT molecular complexity index is 3210. The fourth-order valence-corrected chi connectivity index (χ4v) is 11.6. The van der Waals surface area contributed by atoms with Crippen LogP contribution in [0.3, 0.4) is 0 Å². The number of hydrogen-bond acceptors (Lipinski definition) is 7. The van der Waals surface area contributed by atoms with Gasteiger partial charge in [0.2, 0.25) is 5.91 Å². The van der Waals surface area contributed by atoms with Crippen molar-refractivity contribution in [3.8, 4) is 17.2 Å². The molecule has 16 heteroatoms. The quantitative estimate of drug-likeness (QED) is 0.159. The molecule has 1 saturated carbocycles. The highest BCUT2D eigenvalue weighted by molar-refractivity contribution is 6.00. The molecule has 4 aromatic heterocycles. The lowest BCUT2D eigenvalue weighted by Crippen LogP contribution is -2.44. The average Bonchev–Trinajstić information content (AvgIpc) is 3.87. The molecule has 0 spiro atoms. The number of nitrogens with zero attached hydrogens (tertiary/aromatic N) is 8. The summed E-state index contributed by atoms with van der Waals surface area (Å²) >= 11 is 0. The first kappa shape index (κ1) is 42.3. The highest BCUT2D eigenvalue weighted by atomic mass is 19.1. The SMILES string of the molecule is Cc1cc(-n2nc3c(c2-n2ccn(-c4ccc5c(cnn5C)c4F)c2=O)[C@@H]2CC[C@H](C3)N2C(=O)c2cc3cc([C@H]4CCOC(C)(C)C4)ccc3n2[C@@]2(CNC(=O)CO)C[C@@H]2C)cc(C)c1F. The summed E-state index contributed by atoms with van der Waals surface area (Å²) in [5, 5.41) is 23.1. The number of imidazole rings is 1. The van der Waals surface area contributed by atoms with Crippen LogP contribution in [-0.4, -0.2) is 86.5 Å². The maximum absolute atomic E-state index is 16.2. The fourth-order valence-electron chi connectivity index (χ4n) is 11.6. The monoisotopic (exact) mass is 897 g/mol. The van der Waals surface area contributed by atoms with Gasteiger partial charge in [0, 0.05) is 61.5 Å². The number of fused-ring (bicyclic) bond motifs is 6. The molecule has 5 atom stereocenters. The molecule has 3 aromatic carbocycles. The van der Waals surface area contributed by atoms with Gasteiger partial charge in [-0.3, -0.25) is 23.4 Å². The second-order valence-electron chi connectivity index (χ2n) is 19.7. The Hall–Kier alpha value is -6.39. The predicted molar refractivity (Wildman–Crippen MR) is 244 cm³/mol. The number of aliphatic hydroxyl groups is 1. The number of aryl methyl sites for hydroxylation is 3. The second-order valence-corrected chi connectivity index (χ2v) is 19.7. The Morgan fingerprint density at radius 1 is 0.955 bits per heavy atom. The summed E-state index contributed by atoms with van der Waals surface area (Å²) in [6, 6.07) is 14.4. The summed E-state index contributed by atoms with van der Waals surface area (Å²) in [7, 11) is 1.72. The molecule has 3 fully saturated rings. The van der Waals surface area contributed by atoms with Crippen molar-refractivity contribution >= 4 is 33.6 Å². The minimum Gasteiger partial charge on any atom is -0.387 e. The number of amides is 2. The number of aromatic nitrogens is 7. The number of halogens is 2. The van der Waals surface area contributed by atoms with Gasteiger partial charge in [0.05, 0.1) is 51.4 Å². The minimum absolute atomic E-state index is 0.0559. The Balaban J connectivity index is 1.06. The predicted octanol–water partition coefficient (Wildman–Crippen LogP) is 6.97. The first-order valence-electron chi connectivity index (χ1n) is 22.9. The zero-order valence-corrected chi connectivity index (χ0v) is 37.9. The van der Waals surface area contributed by atoms with E-state index in [9.17, 15) is 14.7 Å². The Morgan fingerprint density at radius 3 is 2.42 bits per heavy atom. The molecular weight excluding hydrogens is 845 g/mol. The molecule has 11 rings (SSSR count). The molecule has 0 unspecified atom stereocenters. The number of carbonyl (C=O) groups excluding carboxylic acids is 2. The molecule has 0 radical (unpaired) electrons. The number of ether oxygens (including phenoxy) is 1. The number of benzene rings is 3. The highest BCUT2D eigenvalue weighted by Gasteiger charge is 2.56.